The molecule has 0 saturated heterocycles. The zero-order valence-corrected chi connectivity index (χ0v) is 11.7. The van der Waals surface area contributed by atoms with Crippen molar-refractivity contribution in [1.29, 1.82) is 0 Å². The van der Waals surface area contributed by atoms with Crippen LogP contribution in [-0.2, 0) is 0 Å². The van der Waals surface area contributed by atoms with Gasteiger partial charge in [-0.3, -0.25) is 0 Å². The molecule has 1 fully saturated rings. The van der Waals surface area contributed by atoms with Crippen molar-refractivity contribution in [3.05, 3.63) is 28.8 Å². The number of nitrogens with one attached hydrogen (secondary N) is 1. The predicted octanol–water partition coefficient (Wildman–Crippen LogP) is 4.89. The molecule has 0 aromatic heterocycles. The summed E-state index contributed by atoms with van der Waals surface area (Å²) in [5, 5.41) is 4.49. The highest BCUT2D eigenvalue weighted by molar-refractivity contribution is 6.33. The number of aryl methyl sites for hydroxylation is 1. The highest BCUT2D eigenvalue weighted by Crippen LogP contribution is 2.33. The molecule has 2 heteroatoms. The number of halogens is 1. The van der Waals surface area contributed by atoms with Gasteiger partial charge in [-0.05, 0) is 49.3 Å². The monoisotopic (exact) mass is 251 g/mol. The quantitative estimate of drug-likeness (QED) is 0.790. The fraction of sp³-hybridized carbons (Fsp3) is 0.600. The third-order valence-corrected chi connectivity index (χ3v) is 4.30. The Labute approximate surface area is 110 Å². The van der Waals surface area contributed by atoms with E-state index in [1.165, 1.54) is 24.8 Å². The molecule has 0 heterocycles. The minimum Gasteiger partial charge on any atom is -0.381 e. The van der Waals surface area contributed by atoms with E-state index in [0.717, 1.165) is 22.5 Å². The third-order valence-electron chi connectivity index (χ3n) is 3.99. The summed E-state index contributed by atoms with van der Waals surface area (Å²) in [4.78, 5) is 0. The fourth-order valence-electron chi connectivity index (χ4n) is 2.88. The number of benzene rings is 1. The van der Waals surface area contributed by atoms with E-state index in [2.05, 4.69) is 38.2 Å². The van der Waals surface area contributed by atoms with Gasteiger partial charge >= 0.3 is 0 Å². The molecular weight excluding hydrogens is 230 g/mol. The van der Waals surface area contributed by atoms with Gasteiger partial charge < -0.3 is 5.32 Å². The van der Waals surface area contributed by atoms with E-state index in [4.69, 9.17) is 11.6 Å². The molecular formula is C15H22ClN. The van der Waals surface area contributed by atoms with Gasteiger partial charge in [-0.25, -0.2) is 0 Å². The minimum absolute atomic E-state index is 0.559. The van der Waals surface area contributed by atoms with Crippen LogP contribution in [0, 0.1) is 18.8 Å². The van der Waals surface area contributed by atoms with Crippen LogP contribution in [0.3, 0.4) is 0 Å². The number of hydrogen-bond donors (Lipinski definition) is 1. The first-order valence-electron chi connectivity index (χ1n) is 6.60. The third kappa shape index (κ3) is 2.95. The normalized spacial score (nSPS) is 29.1. The molecule has 1 aliphatic rings. The minimum atomic E-state index is 0.559. The smallest absolute Gasteiger partial charge is 0.0640 e. The lowest BCUT2D eigenvalue weighted by Gasteiger charge is -2.36. The van der Waals surface area contributed by atoms with E-state index in [-0.39, 0.29) is 0 Å². The maximum absolute atomic E-state index is 6.28. The molecule has 1 aromatic carbocycles. The van der Waals surface area contributed by atoms with Crippen LogP contribution in [-0.4, -0.2) is 6.04 Å². The molecule has 17 heavy (non-hydrogen) atoms. The lowest BCUT2D eigenvalue weighted by atomic mass is 9.78. The van der Waals surface area contributed by atoms with Gasteiger partial charge in [-0.2, -0.15) is 0 Å². The van der Waals surface area contributed by atoms with Crippen LogP contribution in [0.5, 0.6) is 0 Å². The first kappa shape index (κ1) is 12.8. The topological polar surface area (TPSA) is 12.0 Å². The molecule has 94 valence electrons. The lowest BCUT2D eigenvalue weighted by Crippen LogP contribution is -2.37. The largest absolute Gasteiger partial charge is 0.381 e. The van der Waals surface area contributed by atoms with Crippen LogP contribution in [0.4, 0.5) is 5.69 Å². The summed E-state index contributed by atoms with van der Waals surface area (Å²) >= 11 is 6.28. The Morgan fingerprint density at radius 1 is 1.18 bits per heavy atom. The van der Waals surface area contributed by atoms with Crippen LogP contribution in [0.1, 0.15) is 38.7 Å². The molecule has 2 atom stereocenters. The molecule has 0 amide bonds. The maximum Gasteiger partial charge on any atom is 0.0640 e. The second kappa shape index (κ2) is 5.30. The van der Waals surface area contributed by atoms with E-state index < -0.39 is 0 Å². The van der Waals surface area contributed by atoms with Gasteiger partial charge in [-0.15, -0.1) is 0 Å². The molecule has 1 nitrogen and oxygen atoms in total. The first-order valence-corrected chi connectivity index (χ1v) is 6.98. The van der Waals surface area contributed by atoms with Gasteiger partial charge in [-0.1, -0.05) is 37.9 Å². The molecule has 1 aliphatic carbocycles. The molecule has 1 saturated carbocycles. The van der Waals surface area contributed by atoms with Gasteiger partial charge in [0.1, 0.15) is 0 Å². The van der Waals surface area contributed by atoms with Crippen molar-refractivity contribution in [2.24, 2.45) is 11.8 Å². The molecule has 0 radical (unpaired) electrons. The number of anilines is 1. The van der Waals surface area contributed by atoms with Gasteiger partial charge in [0.05, 0.1) is 10.7 Å². The first-order chi connectivity index (χ1) is 8.08. The van der Waals surface area contributed by atoms with Gasteiger partial charge in [0, 0.05) is 6.04 Å². The fourth-order valence-corrected chi connectivity index (χ4v) is 3.17. The Morgan fingerprint density at radius 2 is 1.82 bits per heavy atom. The van der Waals surface area contributed by atoms with Crippen LogP contribution >= 0.6 is 11.6 Å². The Balaban J connectivity index is 2.13. The van der Waals surface area contributed by atoms with Gasteiger partial charge in [0.2, 0.25) is 0 Å². The summed E-state index contributed by atoms with van der Waals surface area (Å²) in [6, 6.07) is 6.81. The van der Waals surface area contributed by atoms with E-state index in [9.17, 15) is 0 Å². The standard InChI is InChI=1S/C15H22ClN/c1-10-7-8-14(13(16)9-10)17-15-11(2)5-4-6-12(15)3/h7-9,11-12,15,17H,4-6H2,1-3H3. The van der Waals surface area contributed by atoms with E-state index in [0.29, 0.717) is 6.04 Å². The SMILES string of the molecule is Cc1ccc(NC2C(C)CCCC2C)c(Cl)c1. The van der Waals surface area contributed by atoms with Crippen LogP contribution in [0.25, 0.3) is 0 Å². The molecule has 0 spiro atoms. The van der Waals surface area contributed by atoms with Crippen LogP contribution in [0.2, 0.25) is 5.02 Å². The summed E-state index contributed by atoms with van der Waals surface area (Å²) in [6.07, 6.45) is 4.01. The maximum atomic E-state index is 6.28. The van der Waals surface area contributed by atoms with E-state index >= 15 is 0 Å². The second-order valence-electron chi connectivity index (χ2n) is 5.54. The molecule has 1 N–H and O–H groups in total. The van der Waals surface area contributed by atoms with Crippen LogP contribution < -0.4 is 5.32 Å². The van der Waals surface area contributed by atoms with Crippen molar-refractivity contribution in [3.8, 4) is 0 Å². The molecule has 0 bridgehead atoms. The van der Waals surface area contributed by atoms with Crippen molar-refractivity contribution in [2.45, 2.75) is 46.1 Å². The molecule has 0 aliphatic heterocycles. The van der Waals surface area contributed by atoms with Gasteiger partial charge in [0.15, 0.2) is 0 Å². The number of hydrogen-bond acceptors (Lipinski definition) is 1. The summed E-state index contributed by atoms with van der Waals surface area (Å²) in [7, 11) is 0. The van der Waals surface area contributed by atoms with Crippen molar-refractivity contribution < 1.29 is 0 Å². The molecule has 2 unspecified atom stereocenters. The summed E-state index contributed by atoms with van der Waals surface area (Å²) in [5.74, 6) is 1.47. The molecule has 2 rings (SSSR count). The Morgan fingerprint density at radius 3 is 2.41 bits per heavy atom. The highest BCUT2D eigenvalue weighted by atomic mass is 35.5. The Bertz CT molecular complexity index is 379. The zero-order chi connectivity index (χ0) is 12.4. The predicted molar refractivity (Wildman–Crippen MR) is 75.8 cm³/mol. The average Bonchev–Trinajstić information content (AvgIpc) is 2.26. The summed E-state index contributed by atoms with van der Waals surface area (Å²) in [6.45, 7) is 6.76. The van der Waals surface area contributed by atoms with Crippen LogP contribution in [0.15, 0.2) is 18.2 Å². The van der Waals surface area contributed by atoms with Crippen molar-refractivity contribution in [1.82, 2.24) is 0 Å². The second-order valence-corrected chi connectivity index (χ2v) is 5.95. The molecule has 1 aromatic rings. The number of rotatable bonds is 2. The zero-order valence-electron chi connectivity index (χ0n) is 11.0. The highest BCUT2D eigenvalue weighted by Gasteiger charge is 2.27. The lowest BCUT2D eigenvalue weighted by molar-refractivity contribution is 0.268. The Hall–Kier alpha value is -0.690. The van der Waals surface area contributed by atoms with Crippen molar-refractivity contribution in [3.63, 3.8) is 0 Å². The summed E-state index contributed by atoms with van der Waals surface area (Å²) < 4.78 is 0. The summed E-state index contributed by atoms with van der Waals surface area (Å²) in [5.41, 5.74) is 2.30. The Kier molecular flexibility index (Phi) is 3.98. The van der Waals surface area contributed by atoms with Gasteiger partial charge in [0.25, 0.3) is 0 Å². The van der Waals surface area contributed by atoms with E-state index in [1.54, 1.807) is 0 Å². The average molecular weight is 252 g/mol. The van der Waals surface area contributed by atoms with Crippen molar-refractivity contribution in [2.75, 3.05) is 5.32 Å². The van der Waals surface area contributed by atoms with E-state index in [1.807, 2.05) is 6.07 Å². The van der Waals surface area contributed by atoms with Crippen molar-refractivity contribution >= 4 is 17.3 Å².